The molecule has 0 aliphatic carbocycles. The molecule has 1 unspecified atom stereocenters. The van der Waals surface area contributed by atoms with E-state index in [1.165, 1.54) is 18.1 Å². The molecule has 1 atom stereocenters. The highest BCUT2D eigenvalue weighted by molar-refractivity contribution is 6.34. The zero-order valence-corrected chi connectivity index (χ0v) is 15.7. The van der Waals surface area contributed by atoms with Crippen LogP contribution >= 0.6 is 11.6 Å². The highest BCUT2D eigenvalue weighted by Gasteiger charge is 2.22. The lowest BCUT2D eigenvalue weighted by atomic mass is 9.91. The number of rotatable bonds is 5. The van der Waals surface area contributed by atoms with Gasteiger partial charge in [-0.25, -0.2) is 4.39 Å². The van der Waals surface area contributed by atoms with Gasteiger partial charge in [-0.1, -0.05) is 48.0 Å². The molecule has 138 valence electrons. The Kier molecular flexibility index (Phi) is 6.28. The van der Waals surface area contributed by atoms with Crippen molar-refractivity contribution in [3.63, 3.8) is 0 Å². The summed E-state index contributed by atoms with van der Waals surface area (Å²) in [5.41, 5.74) is 2.00. The Morgan fingerprint density at radius 3 is 2.81 bits per heavy atom. The van der Waals surface area contributed by atoms with Gasteiger partial charge in [-0.2, -0.15) is 0 Å². The van der Waals surface area contributed by atoms with E-state index >= 15 is 0 Å². The van der Waals surface area contributed by atoms with Crippen molar-refractivity contribution in [1.82, 2.24) is 10.2 Å². The molecule has 3 nitrogen and oxygen atoms in total. The molecule has 0 spiro atoms. The number of likely N-dealkylation sites (tertiary alicyclic amines) is 1. The summed E-state index contributed by atoms with van der Waals surface area (Å²) in [6, 6.07) is 13.4. The van der Waals surface area contributed by atoms with Crippen molar-refractivity contribution in [1.29, 1.82) is 0 Å². The van der Waals surface area contributed by atoms with Crippen molar-refractivity contribution in [3.05, 3.63) is 70.0 Å². The zero-order valence-electron chi connectivity index (χ0n) is 15.0. The van der Waals surface area contributed by atoms with E-state index in [0.29, 0.717) is 18.0 Å². The number of hydrogen-bond acceptors (Lipinski definition) is 2. The van der Waals surface area contributed by atoms with Crippen LogP contribution in [0.3, 0.4) is 0 Å². The Morgan fingerprint density at radius 1 is 1.27 bits per heavy atom. The molecule has 2 aromatic rings. The van der Waals surface area contributed by atoms with Crippen LogP contribution in [0.4, 0.5) is 4.39 Å². The summed E-state index contributed by atoms with van der Waals surface area (Å²) in [6.07, 6.45) is 2.34. The average Bonchev–Trinajstić information content (AvgIpc) is 2.66. The van der Waals surface area contributed by atoms with E-state index in [2.05, 4.69) is 34.5 Å². The Morgan fingerprint density at radius 2 is 2.04 bits per heavy atom. The van der Waals surface area contributed by atoms with Gasteiger partial charge in [0.2, 0.25) is 0 Å². The van der Waals surface area contributed by atoms with E-state index in [1.807, 2.05) is 6.07 Å². The molecule has 5 heteroatoms. The molecule has 0 radical (unpaired) electrons. The summed E-state index contributed by atoms with van der Waals surface area (Å²) in [4.78, 5) is 14.7. The van der Waals surface area contributed by atoms with Crippen molar-refractivity contribution in [2.45, 2.75) is 25.7 Å². The number of nitrogens with one attached hydrogen (secondary N) is 1. The van der Waals surface area contributed by atoms with Crippen LogP contribution in [0.25, 0.3) is 0 Å². The maximum atomic E-state index is 13.9. The highest BCUT2D eigenvalue weighted by Crippen LogP contribution is 2.26. The van der Waals surface area contributed by atoms with E-state index in [1.54, 1.807) is 13.0 Å². The van der Waals surface area contributed by atoms with Gasteiger partial charge in [0.05, 0.1) is 10.6 Å². The predicted molar refractivity (Wildman–Crippen MR) is 103 cm³/mol. The number of aryl methyl sites for hydroxylation is 1. The van der Waals surface area contributed by atoms with E-state index < -0.39 is 11.7 Å². The van der Waals surface area contributed by atoms with Crippen molar-refractivity contribution in [3.8, 4) is 0 Å². The van der Waals surface area contributed by atoms with Gasteiger partial charge in [-0.3, -0.25) is 4.79 Å². The van der Waals surface area contributed by atoms with Gasteiger partial charge in [-0.15, -0.1) is 0 Å². The number of hydrogen-bond donors (Lipinski definition) is 1. The fourth-order valence-corrected chi connectivity index (χ4v) is 3.78. The Bertz CT molecular complexity index is 766. The fraction of sp³-hybridized carbons (Fsp3) is 0.381. The second-order valence-corrected chi connectivity index (χ2v) is 7.24. The number of benzene rings is 2. The van der Waals surface area contributed by atoms with E-state index in [4.69, 9.17) is 11.6 Å². The lowest BCUT2D eigenvalue weighted by Gasteiger charge is -2.33. The summed E-state index contributed by atoms with van der Waals surface area (Å²) in [6.45, 7) is 5.00. The first kappa shape index (κ1) is 18.9. The molecule has 26 heavy (non-hydrogen) atoms. The van der Waals surface area contributed by atoms with Gasteiger partial charge in [-0.05, 0) is 49.4 Å². The minimum absolute atomic E-state index is 0.0625. The van der Waals surface area contributed by atoms with Crippen LogP contribution in [0.5, 0.6) is 0 Å². The van der Waals surface area contributed by atoms with Gasteiger partial charge in [0, 0.05) is 19.6 Å². The normalized spacial score (nSPS) is 17.9. The van der Waals surface area contributed by atoms with Crippen molar-refractivity contribution in [2.24, 2.45) is 0 Å². The van der Waals surface area contributed by atoms with Gasteiger partial charge in [0.15, 0.2) is 0 Å². The first-order valence-corrected chi connectivity index (χ1v) is 9.44. The van der Waals surface area contributed by atoms with Crippen molar-refractivity contribution in [2.75, 3.05) is 26.2 Å². The summed E-state index contributed by atoms with van der Waals surface area (Å²) in [5.74, 6) is -0.502. The summed E-state index contributed by atoms with van der Waals surface area (Å²) < 4.78 is 13.9. The molecule has 1 saturated heterocycles. The maximum absolute atomic E-state index is 13.9. The summed E-state index contributed by atoms with van der Waals surface area (Å²) in [5, 5.41) is 2.99. The molecule has 2 aromatic carbocycles. The molecule has 0 saturated carbocycles. The smallest absolute Gasteiger partial charge is 0.255 e. The standard InChI is InChI=1S/C21H24ClFN2O/c1-15-9-10-18(23)19(20(15)22)21(26)24-11-13-25-12-5-8-17(14-25)16-6-3-2-4-7-16/h2-4,6-7,9-10,17H,5,8,11-14H2,1H3,(H,24,26). The molecule has 1 N–H and O–H groups in total. The third-order valence-electron chi connectivity index (χ3n) is 5.00. The lowest BCUT2D eigenvalue weighted by Crippen LogP contribution is -2.40. The highest BCUT2D eigenvalue weighted by atomic mass is 35.5. The average molecular weight is 375 g/mol. The Balaban J connectivity index is 1.53. The van der Waals surface area contributed by atoms with E-state index in [-0.39, 0.29) is 10.6 Å². The van der Waals surface area contributed by atoms with E-state index in [9.17, 15) is 9.18 Å². The Hall–Kier alpha value is -1.91. The SMILES string of the molecule is Cc1ccc(F)c(C(=O)NCCN2CCCC(c3ccccc3)C2)c1Cl. The molecule has 1 heterocycles. The number of piperidine rings is 1. The van der Waals surface area contributed by atoms with Crippen LogP contribution in [0.1, 0.15) is 40.2 Å². The van der Waals surface area contributed by atoms with Crippen molar-refractivity contribution >= 4 is 17.5 Å². The van der Waals surface area contributed by atoms with Crippen LogP contribution in [-0.4, -0.2) is 37.0 Å². The van der Waals surface area contributed by atoms with Crippen LogP contribution in [0.2, 0.25) is 5.02 Å². The molecule has 0 bridgehead atoms. The number of amides is 1. The first-order valence-electron chi connectivity index (χ1n) is 9.06. The number of carbonyl (C=O) groups excluding carboxylic acids is 1. The molecule has 1 fully saturated rings. The third kappa shape index (κ3) is 4.43. The van der Waals surface area contributed by atoms with Gasteiger partial charge in [0.1, 0.15) is 5.82 Å². The topological polar surface area (TPSA) is 32.3 Å². The van der Waals surface area contributed by atoms with Crippen molar-refractivity contribution < 1.29 is 9.18 Å². The molecular formula is C21H24ClFN2O. The molecular weight excluding hydrogens is 351 g/mol. The summed E-state index contributed by atoms with van der Waals surface area (Å²) in [7, 11) is 0. The first-order chi connectivity index (χ1) is 12.6. The monoisotopic (exact) mass is 374 g/mol. The van der Waals surface area contributed by atoms with E-state index in [0.717, 1.165) is 26.1 Å². The number of nitrogens with zero attached hydrogens (tertiary/aromatic N) is 1. The van der Waals surface area contributed by atoms with Crippen LogP contribution in [0.15, 0.2) is 42.5 Å². The lowest BCUT2D eigenvalue weighted by molar-refractivity contribution is 0.0941. The third-order valence-corrected chi connectivity index (χ3v) is 5.49. The van der Waals surface area contributed by atoms with Crippen LogP contribution in [-0.2, 0) is 0 Å². The second kappa shape index (κ2) is 8.65. The summed E-state index contributed by atoms with van der Waals surface area (Å²) >= 11 is 6.10. The molecule has 1 amide bonds. The van der Waals surface area contributed by atoms with Gasteiger partial charge in [0.25, 0.3) is 5.91 Å². The van der Waals surface area contributed by atoms with Crippen LogP contribution in [0, 0.1) is 12.7 Å². The number of carbonyl (C=O) groups is 1. The molecule has 1 aliphatic rings. The van der Waals surface area contributed by atoms with Gasteiger partial charge >= 0.3 is 0 Å². The fourth-order valence-electron chi connectivity index (χ4n) is 3.54. The number of halogens is 2. The molecule has 0 aromatic heterocycles. The minimum atomic E-state index is -0.583. The Labute approximate surface area is 159 Å². The van der Waals surface area contributed by atoms with Crippen LogP contribution < -0.4 is 5.32 Å². The zero-order chi connectivity index (χ0) is 18.5. The molecule has 3 rings (SSSR count). The second-order valence-electron chi connectivity index (χ2n) is 6.86. The minimum Gasteiger partial charge on any atom is -0.351 e. The largest absolute Gasteiger partial charge is 0.351 e. The van der Waals surface area contributed by atoms with Gasteiger partial charge < -0.3 is 10.2 Å². The quantitative estimate of drug-likeness (QED) is 0.841. The molecule has 1 aliphatic heterocycles. The maximum Gasteiger partial charge on any atom is 0.255 e. The predicted octanol–water partition coefficient (Wildman–Crippen LogP) is 4.40.